The summed E-state index contributed by atoms with van der Waals surface area (Å²) in [6.07, 6.45) is 3.68. The zero-order valence-corrected chi connectivity index (χ0v) is 13.6. The molecule has 0 bridgehead atoms. The minimum Gasteiger partial charge on any atom is -0.481 e. The summed E-state index contributed by atoms with van der Waals surface area (Å²) in [4.78, 5) is 25.4. The lowest BCUT2D eigenvalue weighted by Crippen LogP contribution is -2.31. The third-order valence-corrected chi connectivity index (χ3v) is 4.43. The van der Waals surface area contributed by atoms with E-state index in [0.717, 1.165) is 37.1 Å². The van der Waals surface area contributed by atoms with E-state index < -0.39 is 5.97 Å². The van der Waals surface area contributed by atoms with Gasteiger partial charge in [0.1, 0.15) is 0 Å². The van der Waals surface area contributed by atoms with Crippen molar-refractivity contribution in [3.8, 4) is 0 Å². The van der Waals surface area contributed by atoms with Gasteiger partial charge in [0.2, 0.25) is 0 Å². The molecule has 0 spiro atoms. The number of aryl methyl sites for hydroxylation is 2. The number of hydrogen-bond acceptors (Lipinski definition) is 2. The number of amides is 1. The zero-order valence-electron chi connectivity index (χ0n) is 13.6. The van der Waals surface area contributed by atoms with E-state index in [1.807, 2.05) is 35.2 Å². The van der Waals surface area contributed by atoms with Crippen LogP contribution in [0.25, 0.3) is 0 Å². The average Bonchev–Trinajstić information content (AvgIpc) is 2.82. The molecule has 0 aliphatic carbocycles. The van der Waals surface area contributed by atoms with E-state index in [1.165, 1.54) is 5.56 Å². The lowest BCUT2D eigenvalue weighted by Gasteiger charge is -2.23. The third kappa shape index (κ3) is 3.65. The van der Waals surface area contributed by atoms with E-state index in [9.17, 15) is 9.59 Å². The fourth-order valence-corrected chi connectivity index (χ4v) is 3.12. The van der Waals surface area contributed by atoms with Crippen molar-refractivity contribution >= 4 is 17.6 Å². The molecular formula is C20H21NO3. The second kappa shape index (κ2) is 7.30. The highest BCUT2D eigenvalue weighted by atomic mass is 16.4. The molecule has 124 valence electrons. The Morgan fingerprint density at radius 3 is 2.50 bits per heavy atom. The Bertz CT molecular complexity index is 737. The zero-order chi connectivity index (χ0) is 16.9. The first kappa shape index (κ1) is 16.2. The van der Waals surface area contributed by atoms with Crippen molar-refractivity contribution in [3.63, 3.8) is 0 Å². The number of hydrogen-bond donors (Lipinski definition) is 1. The van der Waals surface area contributed by atoms with Crippen LogP contribution in [-0.2, 0) is 17.6 Å². The Hall–Kier alpha value is -2.62. The van der Waals surface area contributed by atoms with Crippen LogP contribution in [0.5, 0.6) is 0 Å². The molecule has 3 rings (SSSR count). The van der Waals surface area contributed by atoms with E-state index in [-0.39, 0.29) is 12.3 Å². The summed E-state index contributed by atoms with van der Waals surface area (Å²) in [5, 5.41) is 8.75. The Morgan fingerprint density at radius 1 is 1.00 bits per heavy atom. The molecule has 0 aromatic heterocycles. The molecule has 24 heavy (non-hydrogen) atoms. The summed E-state index contributed by atoms with van der Waals surface area (Å²) in [7, 11) is 0. The minimum atomic E-state index is -0.809. The van der Waals surface area contributed by atoms with Crippen molar-refractivity contribution < 1.29 is 14.7 Å². The van der Waals surface area contributed by atoms with Crippen molar-refractivity contribution in [1.29, 1.82) is 0 Å². The predicted molar refractivity (Wildman–Crippen MR) is 93.5 cm³/mol. The van der Waals surface area contributed by atoms with Crippen LogP contribution in [0.4, 0.5) is 5.69 Å². The van der Waals surface area contributed by atoms with Crippen LogP contribution in [0.2, 0.25) is 0 Å². The average molecular weight is 323 g/mol. The number of anilines is 1. The fourth-order valence-electron chi connectivity index (χ4n) is 3.12. The van der Waals surface area contributed by atoms with Crippen LogP contribution >= 0.6 is 0 Å². The number of carboxylic acid groups (broad SMARTS) is 1. The number of aliphatic carboxylic acids is 1. The van der Waals surface area contributed by atoms with Crippen LogP contribution < -0.4 is 4.90 Å². The normalized spacial score (nSPS) is 13.9. The lowest BCUT2D eigenvalue weighted by atomic mass is 10.1. The second-order valence-electron chi connectivity index (χ2n) is 6.13. The molecule has 2 aromatic rings. The smallest absolute Gasteiger partial charge is 0.303 e. The standard InChI is InChI=1S/C20H21NO3/c22-19(23)13-10-15-8-11-17(12-9-15)20(24)21-14-4-3-6-16-5-1-2-7-18(16)21/h1-2,5,7-9,11-12H,3-4,6,10,13-14H2,(H,22,23). The highest BCUT2D eigenvalue weighted by Crippen LogP contribution is 2.27. The molecule has 1 aliphatic rings. The highest BCUT2D eigenvalue weighted by molar-refractivity contribution is 6.06. The van der Waals surface area contributed by atoms with Crippen molar-refractivity contribution in [3.05, 3.63) is 65.2 Å². The van der Waals surface area contributed by atoms with Gasteiger partial charge in [0.25, 0.3) is 5.91 Å². The number of carboxylic acids is 1. The molecule has 1 aliphatic heterocycles. The molecule has 0 saturated heterocycles. The number of benzene rings is 2. The Morgan fingerprint density at radius 2 is 1.75 bits per heavy atom. The summed E-state index contributed by atoms with van der Waals surface area (Å²) in [6.45, 7) is 0.733. The maximum absolute atomic E-state index is 12.9. The van der Waals surface area contributed by atoms with Crippen molar-refractivity contribution in [2.75, 3.05) is 11.4 Å². The molecule has 1 amide bonds. The Kier molecular flexibility index (Phi) is 4.94. The summed E-state index contributed by atoms with van der Waals surface area (Å²) in [6, 6.07) is 15.4. The Balaban J connectivity index is 1.80. The molecule has 0 radical (unpaired) electrons. The topological polar surface area (TPSA) is 57.6 Å². The van der Waals surface area contributed by atoms with Gasteiger partial charge in [-0.2, -0.15) is 0 Å². The number of rotatable bonds is 4. The van der Waals surface area contributed by atoms with Crippen molar-refractivity contribution in [2.45, 2.75) is 32.1 Å². The number of carbonyl (C=O) groups is 2. The molecule has 0 unspecified atom stereocenters. The molecule has 4 heteroatoms. The maximum Gasteiger partial charge on any atom is 0.303 e. The molecule has 1 heterocycles. The molecule has 2 aromatic carbocycles. The lowest BCUT2D eigenvalue weighted by molar-refractivity contribution is -0.136. The summed E-state index contributed by atoms with van der Waals surface area (Å²) in [5.41, 5.74) is 3.81. The van der Waals surface area contributed by atoms with Crippen LogP contribution in [0.1, 0.15) is 40.7 Å². The molecule has 1 N–H and O–H groups in total. The Labute approximate surface area is 141 Å². The maximum atomic E-state index is 12.9. The minimum absolute atomic E-state index is 0.00846. The number of para-hydroxylation sites is 1. The van der Waals surface area contributed by atoms with Gasteiger partial charge in [-0.3, -0.25) is 9.59 Å². The monoisotopic (exact) mass is 323 g/mol. The van der Waals surface area contributed by atoms with Crippen LogP contribution in [0.3, 0.4) is 0 Å². The number of nitrogens with zero attached hydrogens (tertiary/aromatic N) is 1. The number of fused-ring (bicyclic) bond motifs is 1. The third-order valence-electron chi connectivity index (χ3n) is 4.43. The van der Waals surface area contributed by atoms with Crippen molar-refractivity contribution in [1.82, 2.24) is 0 Å². The molecule has 0 atom stereocenters. The molecule has 0 saturated carbocycles. The van der Waals surface area contributed by atoms with Gasteiger partial charge < -0.3 is 10.0 Å². The van der Waals surface area contributed by atoms with E-state index in [4.69, 9.17) is 5.11 Å². The molecular weight excluding hydrogens is 302 g/mol. The van der Waals surface area contributed by atoms with Gasteiger partial charge in [0, 0.05) is 24.2 Å². The van der Waals surface area contributed by atoms with E-state index >= 15 is 0 Å². The summed E-state index contributed by atoms with van der Waals surface area (Å²) >= 11 is 0. The van der Waals surface area contributed by atoms with Crippen LogP contribution in [0.15, 0.2) is 48.5 Å². The summed E-state index contributed by atoms with van der Waals surface area (Å²) < 4.78 is 0. The van der Waals surface area contributed by atoms with E-state index in [0.29, 0.717) is 12.0 Å². The second-order valence-corrected chi connectivity index (χ2v) is 6.13. The van der Waals surface area contributed by atoms with Gasteiger partial charge in [-0.25, -0.2) is 0 Å². The molecule has 4 nitrogen and oxygen atoms in total. The fraction of sp³-hybridized carbons (Fsp3) is 0.300. The van der Waals surface area contributed by atoms with Gasteiger partial charge >= 0.3 is 5.97 Å². The van der Waals surface area contributed by atoms with Crippen molar-refractivity contribution in [2.24, 2.45) is 0 Å². The van der Waals surface area contributed by atoms with Gasteiger partial charge in [0.05, 0.1) is 0 Å². The van der Waals surface area contributed by atoms with Crippen LogP contribution in [-0.4, -0.2) is 23.5 Å². The van der Waals surface area contributed by atoms with Crippen LogP contribution in [0, 0.1) is 0 Å². The van der Waals surface area contributed by atoms with Gasteiger partial charge in [-0.15, -0.1) is 0 Å². The van der Waals surface area contributed by atoms with E-state index in [1.54, 1.807) is 12.1 Å². The first-order valence-electron chi connectivity index (χ1n) is 8.35. The SMILES string of the molecule is O=C(O)CCc1ccc(C(=O)N2CCCCc3ccccc32)cc1. The van der Waals surface area contributed by atoms with Gasteiger partial charge in [0.15, 0.2) is 0 Å². The van der Waals surface area contributed by atoms with Gasteiger partial charge in [-0.1, -0.05) is 30.3 Å². The highest BCUT2D eigenvalue weighted by Gasteiger charge is 2.21. The largest absolute Gasteiger partial charge is 0.481 e. The van der Waals surface area contributed by atoms with Gasteiger partial charge in [-0.05, 0) is 55.0 Å². The first-order valence-corrected chi connectivity index (χ1v) is 8.35. The molecule has 0 fully saturated rings. The quantitative estimate of drug-likeness (QED) is 0.933. The number of carbonyl (C=O) groups excluding carboxylic acids is 1. The predicted octanol–water partition coefficient (Wildman–Crippen LogP) is 3.69. The first-order chi connectivity index (χ1) is 11.6. The summed E-state index contributed by atoms with van der Waals surface area (Å²) in [5.74, 6) is -0.800. The van der Waals surface area contributed by atoms with E-state index in [2.05, 4.69) is 6.07 Å².